The predicted molar refractivity (Wildman–Crippen MR) is 113 cm³/mol. The zero-order chi connectivity index (χ0) is 20.4. The molecule has 0 radical (unpaired) electrons. The van der Waals surface area contributed by atoms with Gasteiger partial charge in [0.05, 0.1) is 18.8 Å². The van der Waals surface area contributed by atoms with Crippen molar-refractivity contribution in [3.05, 3.63) is 52.2 Å². The van der Waals surface area contributed by atoms with Gasteiger partial charge in [0.25, 0.3) is 5.91 Å². The summed E-state index contributed by atoms with van der Waals surface area (Å²) >= 11 is 6.32. The highest BCUT2D eigenvalue weighted by molar-refractivity contribution is 6.32. The van der Waals surface area contributed by atoms with Crippen LogP contribution in [0, 0.1) is 13.8 Å². The topological polar surface area (TPSA) is 54.9 Å². The SMILES string of the molecule is Cc1cccc(N2CCN(C(=O)c3cnc(OC4CCOC4)c(Cl)c3)CC2)c1C. The fraction of sp³-hybridized carbons (Fsp3) is 0.455. The fourth-order valence-electron chi connectivity index (χ4n) is 3.80. The van der Waals surface area contributed by atoms with Gasteiger partial charge in [-0.25, -0.2) is 4.98 Å². The highest BCUT2D eigenvalue weighted by Crippen LogP contribution is 2.27. The van der Waals surface area contributed by atoms with E-state index in [2.05, 4.69) is 41.9 Å². The van der Waals surface area contributed by atoms with Crippen LogP contribution in [0.3, 0.4) is 0 Å². The maximum absolute atomic E-state index is 12.9. The minimum Gasteiger partial charge on any atom is -0.471 e. The van der Waals surface area contributed by atoms with Crippen molar-refractivity contribution in [3.8, 4) is 5.88 Å². The molecular formula is C22H26ClN3O3. The number of nitrogens with zero attached hydrogens (tertiary/aromatic N) is 3. The smallest absolute Gasteiger partial charge is 0.255 e. The van der Waals surface area contributed by atoms with Crippen LogP contribution in [-0.4, -0.2) is 61.3 Å². The maximum Gasteiger partial charge on any atom is 0.255 e. The molecule has 0 saturated carbocycles. The number of aryl methyl sites for hydroxylation is 1. The van der Waals surface area contributed by atoms with Crippen LogP contribution in [0.5, 0.6) is 5.88 Å². The van der Waals surface area contributed by atoms with E-state index in [0.29, 0.717) is 42.8 Å². The van der Waals surface area contributed by atoms with Crippen molar-refractivity contribution in [1.82, 2.24) is 9.88 Å². The van der Waals surface area contributed by atoms with Crippen molar-refractivity contribution in [2.75, 3.05) is 44.3 Å². The van der Waals surface area contributed by atoms with Crippen LogP contribution in [-0.2, 0) is 4.74 Å². The van der Waals surface area contributed by atoms with Crippen LogP contribution in [0.25, 0.3) is 0 Å². The number of hydrogen-bond acceptors (Lipinski definition) is 5. The van der Waals surface area contributed by atoms with E-state index in [-0.39, 0.29) is 12.0 Å². The number of carbonyl (C=O) groups is 1. The standard InChI is InChI=1S/C22H26ClN3O3/c1-15-4-3-5-20(16(15)2)25-7-9-26(10-8-25)22(27)17-12-19(23)21(24-13-17)29-18-6-11-28-14-18/h3-5,12-13,18H,6-11,14H2,1-2H3. The Morgan fingerprint density at radius 2 is 2.03 bits per heavy atom. The van der Waals surface area contributed by atoms with E-state index >= 15 is 0 Å². The molecular weight excluding hydrogens is 390 g/mol. The second-order valence-electron chi connectivity index (χ2n) is 7.61. The number of hydrogen-bond donors (Lipinski definition) is 0. The van der Waals surface area contributed by atoms with Gasteiger partial charge in [0, 0.05) is 44.5 Å². The van der Waals surface area contributed by atoms with Gasteiger partial charge in [-0.15, -0.1) is 0 Å². The number of amides is 1. The number of benzene rings is 1. The number of ether oxygens (including phenoxy) is 2. The summed E-state index contributed by atoms with van der Waals surface area (Å²) in [7, 11) is 0. The Morgan fingerprint density at radius 1 is 1.24 bits per heavy atom. The molecule has 3 heterocycles. The Hall–Kier alpha value is -2.31. The second kappa shape index (κ2) is 8.59. The molecule has 2 aliphatic rings. The zero-order valence-electron chi connectivity index (χ0n) is 16.9. The lowest BCUT2D eigenvalue weighted by atomic mass is 10.1. The average molecular weight is 416 g/mol. The quantitative estimate of drug-likeness (QED) is 0.765. The van der Waals surface area contributed by atoms with Crippen molar-refractivity contribution >= 4 is 23.2 Å². The van der Waals surface area contributed by atoms with E-state index in [1.54, 1.807) is 12.3 Å². The molecule has 4 rings (SSSR count). The molecule has 2 saturated heterocycles. The Balaban J connectivity index is 1.39. The Kier molecular flexibility index (Phi) is 5.92. The molecule has 2 fully saturated rings. The van der Waals surface area contributed by atoms with Crippen LogP contribution < -0.4 is 9.64 Å². The van der Waals surface area contributed by atoms with Crippen molar-refractivity contribution in [1.29, 1.82) is 0 Å². The van der Waals surface area contributed by atoms with Gasteiger partial charge < -0.3 is 19.3 Å². The normalized spacial score (nSPS) is 19.5. The van der Waals surface area contributed by atoms with E-state index < -0.39 is 0 Å². The summed E-state index contributed by atoms with van der Waals surface area (Å²) in [6.07, 6.45) is 2.35. The van der Waals surface area contributed by atoms with E-state index in [0.717, 1.165) is 19.5 Å². The van der Waals surface area contributed by atoms with Crippen molar-refractivity contribution < 1.29 is 14.3 Å². The van der Waals surface area contributed by atoms with Gasteiger partial charge in [-0.05, 0) is 37.1 Å². The molecule has 2 aliphatic heterocycles. The van der Waals surface area contributed by atoms with Crippen molar-refractivity contribution in [3.63, 3.8) is 0 Å². The number of rotatable bonds is 4. The lowest BCUT2D eigenvalue weighted by molar-refractivity contribution is 0.0746. The maximum atomic E-state index is 12.9. The van der Waals surface area contributed by atoms with Crippen LogP contribution in [0.4, 0.5) is 5.69 Å². The molecule has 1 amide bonds. The molecule has 1 aromatic carbocycles. The minimum atomic E-state index is -0.0456. The summed E-state index contributed by atoms with van der Waals surface area (Å²) in [6.45, 7) is 8.46. The Morgan fingerprint density at radius 3 is 2.72 bits per heavy atom. The van der Waals surface area contributed by atoms with Gasteiger partial charge in [-0.3, -0.25) is 4.79 Å². The number of aromatic nitrogens is 1. The summed E-state index contributed by atoms with van der Waals surface area (Å²) in [5, 5.41) is 0.358. The van der Waals surface area contributed by atoms with Gasteiger partial charge in [-0.1, -0.05) is 23.7 Å². The summed E-state index contributed by atoms with van der Waals surface area (Å²) in [4.78, 5) is 21.4. The van der Waals surface area contributed by atoms with Crippen LogP contribution >= 0.6 is 11.6 Å². The fourth-order valence-corrected chi connectivity index (χ4v) is 4.01. The van der Waals surface area contributed by atoms with E-state index in [1.165, 1.54) is 16.8 Å². The molecule has 29 heavy (non-hydrogen) atoms. The third-order valence-electron chi connectivity index (χ3n) is 5.70. The molecule has 7 heteroatoms. The second-order valence-corrected chi connectivity index (χ2v) is 8.02. The molecule has 154 valence electrons. The summed E-state index contributed by atoms with van der Waals surface area (Å²) < 4.78 is 11.1. The van der Waals surface area contributed by atoms with Gasteiger partial charge in [-0.2, -0.15) is 0 Å². The number of carbonyl (C=O) groups excluding carboxylic acids is 1. The monoisotopic (exact) mass is 415 g/mol. The summed E-state index contributed by atoms with van der Waals surface area (Å²) in [5.41, 5.74) is 4.32. The first-order valence-electron chi connectivity index (χ1n) is 10.0. The molecule has 6 nitrogen and oxygen atoms in total. The molecule has 0 N–H and O–H groups in total. The summed E-state index contributed by atoms with van der Waals surface area (Å²) in [5.74, 6) is 0.314. The number of halogens is 1. The van der Waals surface area contributed by atoms with Crippen LogP contribution in [0.15, 0.2) is 30.5 Å². The van der Waals surface area contributed by atoms with E-state index in [1.807, 2.05) is 4.90 Å². The number of piperazine rings is 1. The molecule has 0 aliphatic carbocycles. The first kappa shape index (κ1) is 20.0. The summed E-state index contributed by atoms with van der Waals surface area (Å²) in [6, 6.07) is 8.02. The van der Waals surface area contributed by atoms with Crippen molar-refractivity contribution in [2.24, 2.45) is 0 Å². The molecule has 1 atom stereocenters. The van der Waals surface area contributed by atoms with Crippen LogP contribution in [0.1, 0.15) is 27.9 Å². The van der Waals surface area contributed by atoms with Gasteiger partial charge >= 0.3 is 0 Å². The molecule has 1 unspecified atom stereocenters. The number of anilines is 1. The van der Waals surface area contributed by atoms with E-state index in [4.69, 9.17) is 21.1 Å². The number of pyridine rings is 1. The van der Waals surface area contributed by atoms with Crippen LogP contribution in [0.2, 0.25) is 5.02 Å². The molecule has 0 bridgehead atoms. The Bertz CT molecular complexity index is 891. The van der Waals surface area contributed by atoms with E-state index in [9.17, 15) is 4.79 Å². The lowest BCUT2D eigenvalue weighted by Crippen LogP contribution is -2.49. The molecule has 0 spiro atoms. The third-order valence-corrected chi connectivity index (χ3v) is 5.97. The van der Waals surface area contributed by atoms with Gasteiger partial charge in [0.15, 0.2) is 0 Å². The molecule has 1 aromatic heterocycles. The van der Waals surface area contributed by atoms with Crippen molar-refractivity contribution in [2.45, 2.75) is 26.4 Å². The first-order chi connectivity index (χ1) is 14.0. The predicted octanol–water partition coefficient (Wildman–Crippen LogP) is 3.48. The largest absolute Gasteiger partial charge is 0.471 e. The average Bonchev–Trinajstić information content (AvgIpc) is 3.24. The highest BCUT2D eigenvalue weighted by atomic mass is 35.5. The lowest BCUT2D eigenvalue weighted by Gasteiger charge is -2.37. The third kappa shape index (κ3) is 4.33. The van der Waals surface area contributed by atoms with Gasteiger partial charge in [0.1, 0.15) is 11.1 Å². The highest BCUT2D eigenvalue weighted by Gasteiger charge is 2.25. The molecule has 2 aromatic rings. The Labute approximate surface area is 176 Å². The first-order valence-corrected chi connectivity index (χ1v) is 10.4. The zero-order valence-corrected chi connectivity index (χ0v) is 17.6. The van der Waals surface area contributed by atoms with Gasteiger partial charge in [0.2, 0.25) is 5.88 Å². The minimum absolute atomic E-state index is 0.0280.